The Balaban J connectivity index is 2.33. The molecule has 66 valence electrons. The van der Waals surface area contributed by atoms with E-state index < -0.39 is 0 Å². The Bertz CT molecular complexity index is 208. The zero-order valence-electron chi connectivity index (χ0n) is 7.49. The molecule has 0 heterocycles. The number of hydrogen-bond acceptors (Lipinski definition) is 2. The second-order valence-corrected chi connectivity index (χ2v) is 5.41. The van der Waals surface area contributed by atoms with Gasteiger partial charge >= 0.3 is 0 Å². The van der Waals surface area contributed by atoms with Crippen molar-refractivity contribution in [3.8, 4) is 0 Å². The number of hydrogen-bond donors (Lipinski definition) is 0. The zero-order chi connectivity index (χ0) is 8.81. The van der Waals surface area contributed by atoms with Gasteiger partial charge in [-0.25, -0.2) is 0 Å². The highest BCUT2D eigenvalue weighted by molar-refractivity contribution is 8.16. The molecule has 1 aromatic rings. The summed E-state index contributed by atoms with van der Waals surface area (Å²) in [6, 6.07) is 10.6. The predicted molar refractivity (Wildman–Crippen MR) is 60.7 cm³/mol. The van der Waals surface area contributed by atoms with E-state index in [9.17, 15) is 0 Å². The Morgan fingerprint density at radius 2 is 1.92 bits per heavy atom. The molecule has 0 amide bonds. The van der Waals surface area contributed by atoms with Crippen LogP contribution in [0.2, 0.25) is 0 Å². The fraction of sp³-hybridized carbons (Fsp3) is 0.400. The summed E-state index contributed by atoms with van der Waals surface area (Å²) >= 11 is 3.90. The SMILES string of the molecule is CSC(C)SCc1ccccc1. The molecule has 0 aliphatic heterocycles. The van der Waals surface area contributed by atoms with Crippen molar-refractivity contribution in [1.29, 1.82) is 0 Å². The minimum atomic E-state index is 0.699. The summed E-state index contributed by atoms with van der Waals surface area (Å²) in [6.07, 6.45) is 2.16. The molecule has 1 atom stereocenters. The molecule has 0 saturated carbocycles. The topological polar surface area (TPSA) is 0 Å². The van der Waals surface area contributed by atoms with Crippen LogP contribution in [-0.2, 0) is 5.75 Å². The van der Waals surface area contributed by atoms with Gasteiger partial charge in [0.25, 0.3) is 0 Å². The minimum absolute atomic E-state index is 0.699. The van der Waals surface area contributed by atoms with Crippen molar-refractivity contribution in [3.05, 3.63) is 35.9 Å². The van der Waals surface area contributed by atoms with E-state index >= 15 is 0 Å². The normalized spacial score (nSPS) is 12.8. The summed E-state index contributed by atoms with van der Waals surface area (Å²) in [6.45, 7) is 2.25. The maximum absolute atomic E-state index is 2.25. The van der Waals surface area contributed by atoms with Crippen LogP contribution in [0.3, 0.4) is 0 Å². The predicted octanol–water partition coefficient (Wildman–Crippen LogP) is 3.63. The van der Waals surface area contributed by atoms with Gasteiger partial charge < -0.3 is 0 Å². The van der Waals surface area contributed by atoms with Crippen LogP contribution >= 0.6 is 23.5 Å². The highest BCUT2D eigenvalue weighted by Crippen LogP contribution is 2.23. The highest BCUT2D eigenvalue weighted by atomic mass is 32.2. The van der Waals surface area contributed by atoms with Crippen LogP contribution in [0.15, 0.2) is 30.3 Å². The number of thioether (sulfide) groups is 2. The van der Waals surface area contributed by atoms with Gasteiger partial charge in [0.05, 0.1) is 0 Å². The van der Waals surface area contributed by atoms with Gasteiger partial charge in [0.1, 0.15) is 0 Å². The number of benzene rings is 1. The molecule has 0 bridgehead atoms. The Morgan fingerprint density at radius 1 is 1.25 bits per heavy atom. The van der Waals surface area contributed by atoms with Gasteiger partial charge in [0.2, 0.25) is 0 Å². The maximum atomic E-state index is 2.25. The summed E-state index contributed by atoms with van der Waals surface area (Å²) in [7, 11) is 0. The molecule has 1 aromatic carbocycles. The first-order valence-electron chi connectivity index (χ1n) is 4.01. The van der Waals surface area contributed by atoms with E-state index in [1.165, 1.54) is 5.56 Å². The molecule has 0 radical (unpaired) electrons. The van der Waals surface area contributed by atoms with E-state index in [0.29, 0.717) is 4.58 Å². The van der Waals surface area contributed by atoms with Crippen LogP contribution < -0.4 is 0 Å². The molecular weight excluding hydrogens is 184 g/mol. The number of rotatable bonds is 4. The Hall–Kier alpha value is -0.0800. The monoisotopic (exact) mass is 198 g/mol. The zero-order valence-corrected chi connectivity index (χ0v) is 9.12. The largest absolute Gasteiger partial charge is 0.151 e. The summed E-state index contributed by atoms with van der Waals surface area (Å²) in [5.41, 5.74) is 1.42. The molecule has 0 saturated heterocycles. The van der Waals surface area contributed by atoms with Crippen molar-refractivity contribution >= 4 is 23.5 Å². The third-order valence-corrected chi connectivity index (χ3v) is 4.28. The molecule has 0 spiro atoms. The molecule has 2 heteroatoms. The molecule has 0 fully saturated rings. The van der Waals surface area contributed by atoms with Gasteiger partial charge in [-0.3, -0.25) is 0 Å². The van der Waals surface area contributed by atoms with Crippen molar-refractivity contribution < 1.29 is 0 Å². The lowest BCUT2D eigenvalue weighted by atomic mass is 10.2. The summed E-state index contributed by atoms with van der Waals surface area (Å²) in [5.74, 6) is 1.13. The first kappa shape index (κ1) is 10.0. The summed E-state index contributed by atoms with van der Waals surface area (Å²) in [4.78, 5) is 0. The van der Waals surface area contributed by atoms with Crippen LogP contribution in [0.4, 0.5) is 0 Å². The average molecular weight is 198 g/mol. The molecular formula is C10H14S2. The molecule has 12 heavy (non-hydrogen) atoms. The molecule has 0 aliphatic carbocycles. The Kier molecular flexibility index (Phi) is 4.62. The molecule has 0 aliphatic rings. The van der Waals surface area contributed by atoms with Crippen LogP contribution in [0.25, 0.3) is 0 Å². The first-order chi connectivity index (χ1) is 5.83. The molecule has 0 aromatic heterocycles. The fourth-order valence-electron chi connectivity index (χ4n) is 0.856. The second-order valence-electron chi connectivity index (χ2n) is 2.60. The quantitative estimate of drug-likeness (QED) is 0.678. The van der Waals surface area contributed by atoms with Crippen molar-refractivity contribution in [2.45, 2.75) is 17.3 Å². The maximum Gasteiger partial charge on any atom is 0.0474 e. The van der Waals surface area contributed by atoms with E-state index in [2.05, 4.69) is 43.5 Å². The van der Waals surface area contributed by atoms with Gasteiger partial charge in [-0.05, 0) is 18.7 Å². The van der Waals surface area contributed by atoms with E-state index in [1.807, 2.05) is 23.5 Å². The van der Waals surface area contributed by atoms with Crippen molar-refractivity contribution in [1.82, 2.24) is 0 Å². The average Bonchev–Trinajstić information content (AvgIpc) is 2.16. The summed E-state index contributed by atoms with van der Waals surface area (Å²) < 4.78 is 0.699. The third kappa shape index (κ3) is 3.55. The third-order valence-electron chi connectivity index (χ3n) is 1.66. The Morgan fingerprint density at radius 3 is 2.50 bits per heavy atom. The molecule has 0 N–H and O–H groups in total. The lowest BCUT2D eigenvalue weighted by molar-refractivity contribution is 1.36. The summed E-state index contributed by atoms with van der Waals surface area (Å²) in [5, 5.41) is 0. The van der Waals surface area contributed by atoms with Gasteiger partial charge in [0, 0.05) is 10.3 Å². The van der Waals surface area contributed by atoms with Gasteiger partial charge in [-0.15, -0.1) is 11.8 Å². The van der Waals surface area contributed by atoms with Crippen LogP contribution in [-0.4, -0.2) is 10.8 Å². The van der Waals surface area contributed by atoms with E-state index in [-0.39, 0.29) is 0 Å². The highest BCUT2D eigenvalue weighted by Gasteiger charge is 1.99. The minimum Gasteiger partial charge on any atom is -0.151 e. The Labute approximate surface area is 83.1 Å². The first-order valence-corrected chi connectivity index (χ1v) is 6.35. The standard InChI is InChI=1S/C10H14S2/c1-9(11-2)12-8-10-6-4-3-5-7-10/h3-7,9H,8H2,1-2H3. The van der Waals surface area contributed by atoms with Gasteiger partial charge in [-0.1, -0.05) is 30.3 Å². The lowest BCUT2D eigenvalue weighted by Gasteiger charge is -2.06. The second kappa shape index (κ2) is 5.55. The van der Waals surface area contributed by atoms with Crippen LogP contribution in [0.1, 0.15) is 12.5 Å². The molecule has 1 unspecified atom stereocenters. The van der Waals surface area contributed by atoms with Crippen molar-refractivity contribution in [2.75, 3.05) is 6.26 Å². The van der Waals surface area contributed by atoms with Crippen molar-refractivity contribution in [2.24, 2.45) is 0 Å². The smallest absolute Gasteiger partial charge is 0.0474 e. The molecule has 0 nitrogen and oxygen atoms in total. The fourth-order valence-corrected chi connectivity index (χ4v) is 2.22. The van der Waals surface area contributed by atoms with Gasteiger partial charge in [0.15, 0.2) is 0 Å². The molecule has 1 rings (SSSR count). The van der Waals surface area contributed by atoms with E-state index in [4.69, 9.17) is 0 Å². The van der Waals surface area contributed by atoms with Crippen LogP contribution in [0, 0.1) is 0 Å². The van der Waals surface area contributed by atoms with E-state index in [0.717, 1.165) is 5.75 Å². The van der Waals surface area contributed by atoms with E-state index in [1.54, 1.807) is 0 Å². The van der Waals surface area contributed by atoms with Gasteiger partial charge in [-0.2, -0.15) is 11.8 Å². The lowest BCUT2D eigenvalue weighted by Crippen LogP contribution is -1.88. The van der Waals surface area contributed by atoms with Crippen molar-refractivity contribution in [3.63, 3.8) is 0 Å². The van der Waals surface area contributed by atoms with Crippen LogP contribution in [0.5, 0.6) is 0 Å².